The maximum atomic E-state index is 12.7. The quantitative estimate of drug-likeness (QED) is 0.667. The smallest absolute Gasteiger partial charge is 0.388 e. The van der Waals surface area contributed by atoms with Crippen molar-refractivity contribution in [2.24, 2.45) is 5.41 Å². The SMILES string of the molecule is CCC[C@@]1(C(=O)O)CCCN(Cc2cnc(-c3cc(C)cnc3OC(F)F)s2)C1. The number of hydrogen-bond acceptors (Lipinski definition) is 6. The van der Waals surface area contributed by atoms with Crippen molar-refractivity contribution in [2.45, 2.75) is 52.7 Å². The van der Waals surface area contributed by atoms with Gasteiger partial charge in [0.1, 0.15) is 5.01 Å². The molecule has 9 heteroatoms. The fourth-order valence-electron chi connectivity index (χ4n) is 3.94. The van der Waals surface area contributed by atoms with E-state index in [9.17, 15) is 18.7 Å². The topological polar surface area (TPSA) is 75.5 Å². The third kappa shape index (κ3) is 5.08. The molecule has 2 aromatic heterocycles. The Bertz CT molecular complexity index is 857. The number of rotatable bonds is 8. The molecule has 6 nitrogen and oxygen atoms in total. The number of aliphatic carboxylic acids is 1. The van der Waals surface area contributed by atoms with Crippen molar-refractivity contribution in [1.29, 1.82) is 0 Å². The molecular formula is C20H25F2N3O3S. The number of carboxylic acid groups (broad SMARTS) is 1. The van der Waals surface area contributed by atoms with Gasteiger partial charge in [0, 0.05) is 30.4 Å². The molecule has 0 radical (unpaired) electrons. The highest BCUT2D eigenvalue weighted by Crippen LogP contribution is 2.37. The normalized spacial score (nSPS) is 20.2. The van der Waals surface area contributed by atoms with Gasteiger partial charge in [-0.25, -0.2) is 9.97 Å². The fraction of sp³-hybridized carbons (Fsp3) is 0.550. The number of aromatic nitrogens is 2. The maximum Gasteiger partial charge on any atom is 0.388 e. The lowest BCUT2D eigenvalue weighted by atomic mass is 9.76. The van der Waals surface area contributed by atoms with Gasteiger partial charge in [-0.15, -0.1) is 11.3 Å². The average Bonchev–Trinajstić information content (AvgIpc) is 3.11. The van der Waals surface area contributed by atoms with E-state index >= 15 is 0 Å². The van der Waals surface area contributed by atoms with Crippen LogP contribution in [0.3, 0.4) is 0 Å². The molecule has 158 valence electrons. The van der Waals surface area contributed by atoms with Crippen molar-refractivity contribution in [2.75, 3.05) is 13.1 Å². The van der Waals surface area contributed by atoms with E-state index in [-0.39, 0.29) is 5.88 Å². The lowest BCUT2D eigenvalue weighted by Gasteiger charge is -2.39. The Morgan fingerprint density at radius 3 is 2.90 bits per heavy atom. The van der Waals surface area contributed by atoms with Crippen LogP contribution in [0.2, 0.25) is 0 Å². The summed E-state index contributed by atoms with van der Waals surface area (Å²) in [6.45, 7) is 2.80. The Kier molecular flexibility index (Phi) is 6.79. The van der Waals surface area contributed by atoms with E-state index in [1.165, 1.54) is 17.5 Å². The van der Waals surface area contributed by atoms with Crippen LogP contribution in [0, 0.1) is 12.3 Å². The predicted molar refractivity (Wildman–Crippen MR) is 106 cm³/mol. The van der Waals surface area contributed by atoms with Crippen LogP contribution in [0.5, 0.6) is 5.88 Å². The molecule has 1 aliphatic heterocycles. The van der Waals surface area contributed by atoms with Gasteiger partial charge in [0.25, 0.3) is 0 Å². The number of carbonyl (C=O) groups is 1. The molecule has 1 saturated heterocycles. The van der Waals surface area contributed by atoms with Gasteiger partial charge in [-0.05, 0) is 44.4 Å². The molecule has 1 fully saturated rings. The van der Waals surface area contributed by atoms with Crippen LogP contribution in [0.15, 0.2) is 18.5 Å². The summed E-state index contributed by atoms with van der Waals surface area (Å²) in [5.41, 5.74) is 0.561. The number of ether oxygens (including phenoxy) is 1. The first kappa shape index (κ1) is 21.6. The van der Waals surface area contributed by atoms with E-state index in [1.54, 1.807) is 12.3 Å². The first-order valence-corrected chi connectivity index (χ1v) is 10.5. The highest BCUT2D eigenvalue weighted by molar-refractivity contribution is 7.15. The van der Waals surface area contributed by atoms with Gasteiger partial charge < -0.3 is 9.84 Å². The van der Waals surface area contributed by atoms with Crippen molar-refractivity contribution < 1.29 is 23.4 Å². The molecule has 0 unspecified atom stereocenters. The summed E-state index contributed by atoms with van der Waals surface area (Å²) in [5, 5.41) is 10.3. The van der Waals surface area contributed by atoms with Crippen LogP contribution < -0.4 is 4.74 Å². The zero-order chi connectivity index (χ0) is 21.0. The third-order valence-corrected chi connectivity index (χ3v) is 6.21. The fourth-order valence-corrected chi connectivity index (χ4v) is 4.90. The molecule has 1 aliphatic rings. The molecule has 0 aromatic carbocycles. The minimum Gasteiger partial charge on any atom is -0.481 e. The van der Waals surface area contributed by atoms with Gasteiger partial charge in [-0.3, -0.25) is 9.69 Å². The molecule has 0 saturated carbocycles. The van der Waals surface area contributed by atoms with E-state index in [0.29, 0.717) is 36.5 Å². The largest absolute Gasteiger partial charge is 0.481 e. The van der Waals surface area contributed by atoms with Gasteiger partial charge in [0.05, 0.1) is 11.0 Å². The van der Waals surface area contributed by atoms with E-state index in [4.69, 9.17) is 0 Å². The zero-order valence-electron chi connectivity index (χ0n) is 16.5. The molecular weight excluding hydrogens is 400 g/mol. The van der Waals surface area contributed by atoms with E-state index in [2.05, 4.69) is 19.6 Å². The summed E-state index contributed by atoms with van der Waals surface area (Å²) in [7, 11) is 0. The molecule has 1 atom stereocenters. The van der Waals surface area contributed by atoms with Crippen LogP contribution >= 0.6 is 11.3 Å². The van der Waals surface area contributed by atoms with Crippen LogP contribution in [0.25, 0.3) is 10.6 Å². The van der Waals surface area contributed by atoms with Crippen molar-refractivity contribution in [1.82, 2.24) is 14.9 Å². The predicted octanol–water partition coefficient (Wildman–Crippen LogP) is 4.58. The number of thiazole rings is 1. The second kappa shape index (κ2) is 9.13. The van der Waals surface area contributed by atoms with Gasteiger partial charge in [-0.1, -0.05) is 13.3 Å². The van der Waals surface area contributed by atoms with Gasteiger partial charge in [0.15, 0.2) is 0 Å². The number of carboxylic acids is 1. The van der Waals surface area contributed by atoms with Crippen molar-refractivity contribution in [3.63, 3.8) is 0 Å². The molecule has 0 spiro atoms. The average molecular weight is 426 g/mol. The van der Waals surface area contributed by atoms with Crippen LogP contribution in [0.1, 0.15) is 43.0 Å². The second-order valence-electron chi connectivity index (χ2n) is 7.53. The minimum atomic E-state index is -2.96. The Labute approximate surface area is 172 Å². The van der Waals surface area contributed by atoms with E-state index in [1.807, 2.05) is 13.8 Å². The summed E-state index contributed by atoms with van der Waals surface area (Å²) >= 11 is 1.39. The van der Waals surface area contributed by atoms with Crippen LogP contribution in [-0.4, -0.2) is 45.6 Å². The number of halogens is 2. The number of likely N-dealkylation sites (tertiary alicyclic amines) is 1. The van der Waals surface area contributed by atoms with Gasteiger partial charge in [0.2, 0.25) is 5.88 Å². The molecule has 0 bridgehead atoms. The van der Waals surface area contributed by atoms with Crippen molar-refractivity contribution in [3.05, 3.63) is 28.9 Å². The molecule has 2 aromatic rings. The number of hydrogen-bond donors (Lipinski definition) is 1. The van der Waals surface area contributed by atoms with Gasteiger partial charge in [-0.2, -0.15) is 8.78 Å². The first-order valence-electron chi connectivity index (χ1n) is 9.65. The first-order chi connectivity index (χ1) is 13.8. The summed E-state index contributed by atoms with van der Waals surface area (Å²) < 4.78 is 29.9. The summed E-state index contributed by atoms with van der Waals surface area (Å²) in [5.74, 6) is -0.869. The number of nitrogens with zero attached hydrogens (tertiary/aromatic N) is 3. The number of piperidine rings is 1. The standard InChI is InChI=1S/C20H25F2N3O3S/c1-3-5-20(18(26)27)6-4-7-25(12-20)11-14-10-24-17(29-14)15-8-13(2)9-23-16(15)28-19(21)22/h8-10,19H,3-7,11-12H2,1-2H3,(H,26,27)/t20-/m1/s1. The van der Waals surface area contributed by atoms with Crippen LogP contribution in [0.4, 0.5) is 8.78 Å². The van der Waals surface area contributed by atoms with Gasteiger partial charge >= 0.3 is 12.6 Å². The number of aryl methyl sites for hydroxylation is 1. The maximum absolute atomic E-state index is 12.7. The Morgan fingerprint density at radius 2 is 2.21 bits per heavy atom. The lowest BCUT2D eigenvalue weighted by molar-refractivity contribution is -0.153. The van der Waals surface area contributed by atoms with Crippen molar-refractivity contribution in [3.8, 4) is 16.5 Å². The summed E-state index contributed by atoms with van der Waals surface area (Å²) in [6.07, 6.45) is 6.22. The Morgan fingerprint density at radius 1 is 1.41 bits per heavy atom. The monoisotopic (exact) mass is 425 g/mol. The highest BCUT2D eigenvalue weighted by atomic mass is 32.1. The minimum absolute atomic E-state index is 0.141. The Balaban J connectivity index is 1.77. The zero-order valence-corrected chi connectivity index (χ0v) is 17.3. The van der Waals surface area contributed by atoms with E-state index < -0.39 is 18.0 Å². The van der Waals surface area contributed by atoms with Crippen molar-refractivity contribution >= 4 is 17.3 Å². The Hall–Kier alpha value is -2.13. The molecule has 0 aliphatic carbocycles. The molecule has 29 heavy (non-hydrogen) atoms. The molecule has 1 N–H and O–H groups in total. The van der Waals surface area contributed by atoms with E-state index in [0.717, 1.165) is 29.8 Å². The summed E-state index contributed by atoms with van der Waals surface area (Å²) in [4.78, 5) is 23.3. The summed E-state index contributed by atoms with van der Waals surface area (Å²) in [6, 6.07) is 1.73. The van der Waals surface area contributed by atoms with Crippen LogP contribution in [-0.2, 0) is 11.3 Å². The third-order valence-electron chi connectivity index (χ3n) is 5.19. The second-order valence-corrected chi connectivity index (χ2v) is 8.64. The highest BCUT2D eigenvalue weighted by Gasteiger charge is 2.41. The molecule has 3 rings (SSSR count). The lowest BCUT2D eigenvalue weighted by Crippen LogP contribution is -2.47. The molecule has 3 heterocycles. The number of pyridine rings is 1. The number of alkyl halides is 2. The molecule has 0 amide bonds.